The van der Waals surface area contributed by atoms with Gasteiger partial charge in [-0.05, 0) is 41.2 Å². The van der Waals surface area contributed by atoms with Gasteiger partial charge in [0, 0.05) is 12.5 Å². The fourth-order valence-electron chi connectivity index (χ4n) is 5.57. The summed E-state index contributed by atoms with van der Waals surface area (Å²) >= 11 is 0. The fraction of sp³-hybridized carbons (Fsp3) is 0.535. The van der Waals surface area contributed by atoms with E-state index in [1.807, 2.05) is 91.0 Å². The molecule has 0 N–H and O–H groups in total. The summed E-state index contributed by atoms with van der Waals surface area (Å²) < 4.78 is 26.9. The molecule has 0 unspecified atom stereocenters. The van der Waals surface area contributed by atoms with Crippen LogP contribution < -0.4 is 0 Å². The van der Waals surface area contributed by atoms with E-state index in [4.69, 9.17) is 18.6 Å². The minimum atomic E-state index is -2.20. The molecule has 0 heterocycles. The van der Waals surface area contributed by atoms with E-state index in [2.05, 4.69) is 40.8 Å². The van der Waals surface area contributed by atoms with Crippen LogP contribution in [0.15, 0.2) is 103 Å². The Labute approximate surface area is 309 Å². The summed E-state index contributed by atoms with van der Waals surface area (Å²) in [5.74, 6) is 0. The number of ether oxygens (including phenoxy) is 3. The minimum Gasteiger partial charge on any atom is -0.414 e. The Morgan fingerprint density at radius 1 is 0.706 bits per heavy atom. The molecule has 0 aliphatic heterocycles. The number of hydrogen-bond donors (Lipinski definition) is 0. The van der Waals surface area contributed by atoms with Crippen molar-refractivity contribution in [2.24, 2.45) is 0 Å². The first-order valence-corrected chi connectivity index (χ1v) is 21.9. The van der Waals surface area contributed by atoms with E-state index in [9.17, 15) is 10.1 Å². The Morgan fingerprint density at radius 3 is 1.63 bits per heavy atom. The first-order valence-electron chi connectivity index (χ1n) is 19.0. The molecule has 280 valence electrons. The molecule has 0 amide bonds. The minimum absolute atomic E-state index is 0.0186. The molecule has 0 aromatic heterocycles. The second-order valence-corrected chi connectivity index (χ2v) is 19.9. The SMILES string of the molecule is CCCCCCCCCC/C(=C\[C@@H](OCc1ccccc1)[C@H](OCc1ccccc1)[C@H](CO[Si](C)(C)C(C)(C)C)OCc1ccccc1)[N+](=O)[O-]. The van der Waals surface area contributed by atoms with Gasteiger partial charge in [0.05, 0.1) is 31.4 Å². The molecule has 8 heteroatoms. The van der Waals surface area contributed by atoms with Crippen molar-refractivity contribution in [3.05, 3.63) is 130 Å². The van der Waals surface area contributed by atoms with Crippen molar-refractivity contribution in [3.63, 3.8) is 0 Å². The molecule has 0 saturated heterocycles. The lowest BCUT2D eigenvalue weighted by Gasteiger charge is -2.39. The van der Waals surface area contributed by atoms with E-state index in [1.165, 1.54) is 32.1 Å². The smallest absolute Gasteiger partial charge is 0.244 e. The number of allylic oxidation sites excluding steroid dienone is 1. The standard InChI is InChI=1S/C43H63NO6Si/c1-7-8-9-10-11-12-13-23-30-39(44(45)46)31-40(47-32-36-24-17-14-18-25-36)42(49-34-38-28-21-16-22-29-38)41(35-50-51(5,6)43(2,3)4)48-33-37-26-19-15-20-27-37/h14-22,24-29,31,40-42H,7-13,23,30,32-35H2,1-6H3/b39-31+/t40-,41+,42+/m1/s1. The summed E-state index contributed by atoms with van der Waals surface area (Å²) in [6.07, 6.45) is 8.96. The average molecular weight is 718 g/mol. The molecule has 0 spiro atoms. The lowest BCUT2D eigenvalue weighted by molar-refractivity contribution is -0.429. The van der Waals surface area contributed by atoms with Crippen molar-refractivity contribution in [3.8, 4) is 0 Å². The Balaban J connectivity index is 1.98. The Bertz CT molecular complexity index is 1390. The highest BCUT2D eigenvalue weighted by atomic mass is 28.4. The zero-order valence-electron chi connectivity index (χ0n) is 32.1. The highest BCUT2D eigenvalue weighted by Gasteiger charge is 2.40. The topological polar surface area (TPSA) is 80.1 Å². The van der Waals surface area contributed by atoms with E-state index in [0.717, 1.165) is 36.0 Å². The number of benzene rings is 3. The van der Waals surface area contributed by atoms with Gasteiger partial charge in [0.1, 0.15) is 18.3 Å². The first-order chi connectivity index (χ1) is 24.5. The van der Waals surface area contributed by atoms with Crippen molar-refractivity contribution in [2.45, 2.75) is 142 Å². The van der Waals surface area contributed by atoms with Crippen LogP contribution in [0.3, 0.4) is 0 Å². The first kappa shape index (κ1) is 42.3. The highest BCUT2D eigenvalue weighted by Crippen LogP contribution is 2.37. The van der Waals surface area contributed by atoms with E-state index < -0.39 is 26.6 Å². The third kappa shape index (κ3) is 16.0. The Morgan fingerprint density at radius 2 is 1.16 bits per heavy atom. The van der Waals surface area contributed by atoms with Gasteiger partial charge in [-0.3, -0.25) is 10.1 Å². The molecular formula is C43H63NO6Si. The zero-order valence-corrected chi connectivity index (χ0v) is 33.1. The summed E-state index contributed by atoms with van der Waals surface area (Å²) in [6, 6.07) is 29.9. The van der Waals surface area contributed by atoms with Crippen LogP contribution in [0, 0.1) is 10.1 Å². The fourth-order valence-corrected chi connectivity index (χ4v) is 6.59. The molecule has 0 aliphatic carbocycles. The van der Waals surface area contributed by atoms with Crippen LogP contribution in [0.5, 0.6) is 0 Å². The number of unbranched alkanes of at least 4 members (excludes halogenated alkanes) is 7. The monoisotopic (exact) mass is 717 g/mol. The molecule has 0 bridgehead atoms. The molecule has 0 saturated carbocycles. The molecule has 0 fully saturated rings. The van der Waals surface area contributed by atoms with Crippen LogP contribution in [-0.4, -0.2) is 38.2 Å². The molecule has 0 aliphatic rings. The summed E-state index contributed by atoms with van der Waals surface area (Å²) in [5, 5.41) is 12.6. The lowest BCUT2D eigenvalue weighted by Crippen LogP contribution is -2.49. The molecule has 3 atom stereocenters. The average Bonchev–Trinajstić information content (AvgIpc) is 3.12. The molecule has 3 rings (SSSR count). The van der Waals surface area contributed by atoms with Gasteiger partial charge in [-0.2, -0.15) is 0 Å². The van der Waals surface area contributed by atoms with Crippen LogP contribution in [0.4, 0.5) is 0 Å². The third-order valence-corrected chi connectivity index (χ3v) is 14.4. The normalized spacial score (nSPS) is 14.3. The predicted octanol–water partition coefficient (Wildman–Crippen LogP) is 11.5. The van der Waals surface area contributed by atoms with E-state index >= 15 is 0 Å². The zero-order chi connectivity index (χ0) is 37.0. The third-order valence-electron chi connectivity index (χ3n) is 9.86. The number of hydrogen-bond acceptors (Lipinski definition) is 6. The maximum atomic E-state index is 12.6. The quantitative estimate of drug-likeness (QED) is 0.0376. The van der Waals surface area contributed by atoms with Crippen LogP contribution >= 0.6 is 0 Å². The molecule has 0 radical (unpaired) electrons. The Hall–Kier alpha value is -3.14. The van der Waals surface area contributed by atoms with Crippen LogP contribution in [0.2, 0.25) is 18.1 Å². The van der Waals surface area contributed by atoms with E-state index in [0.29, 0.717) is 19.6 Å². The summed E-state index contributed by atoms with van der Waals surface area (Å²) in [4.78, 5) is 12.3. The molecular weight excluding hydrogens is 655 g/mol. The summed E-state index contributed by atoms with van der Waals surface area (Å²) in [7, 11) is -2.20. The van der Waals surface area contributed by atoms with Crippen molar-refractivity contribution in [1.82, 2.24) is 0 Å². The van der Waals surface area contributed by atoms with Crippen molar-refractivity contribution in [2.75, 3.05) is 6.61 Å². The van der Waals surface area contributed by atoms with Gasteiger partial charge < -0.3 is 18.6 Å². The van der Waals surface area contributed by atoms with Gasteiger partial charge in [-0.15, -0.1) is 0 Å². The molecule has 51 heavy (non-hydrogen) atoms. The number of nitrogens with zero attached hydrogens (tertiary/aromatic N) is 1. The van der Waals surface area contributed by atoms with Crippen molar-refractivity contribution >= 4 is 8.32 Å². The molecule has 7 nitrogen and oxygen atoms in total. The predicted molar refractivity (Wildman–Crippen MR) is 211 cm³/mol. The van der Waals surface area contributed by atoms with E-state index in [1.54, 1.807) is 6.08 Å². The van der Waals surface area contributed by atoms with Gasteiger partial charge >= 0.3 is 0 Å². The van der Waals surface area contributed by atoms with Crippen molar-refractivity contribution in [1.29, 1.82) is 0 Å². The summed E-state index contributed by atoms with van der Waals surface area (Å²) in [6.45, 7) is 14.5. The number of nitro groups is 1. The maximum absolute atomic E-state index is 12.6. The van der Waals surface area contributed by atoms with Crippen molar-refractivity contribution < 1.29 is 23.6 Å². The molecule has 3 aromatic carbocycles. The lowest BCUT2D eigenvalue weighted by atomic mass is 10.0. The summed E-state index contributed by atoms with van der Waals surface area (Å²) in [5.41, 5.74) is 3.14. The largest absolute Gasteiger partial charge is 0.414 e. The highest BCUT2D eigenvalue weighted by molar-refractivity contribution is 6.74. The van der Waals surface area contributed by atoms with E-state index in [-0.39, 0.29) is 28.9 Å². The van der Waals surface area contributed by atoms with Crippen LogP contribution in [0.25, 0.3) is 0 Å². The van der Waals surface area contributed by atoms with Gasteiger partial charge in [0.15, 0.2) is 8.32 Å². The van der Waals surface area contributed by atoms with Crippen LogP contribution in [-0.2, 0) is 38.5 Å². The Kier molecular flexibility index (Phi) is 18.8. The van der Waals surface area contributed by atoms with Gasteiger partial charge in [0.25, 0.3) is 0 Å². The number of rotatable bonds is 25. The molecule has 3 aromatic rings. The second-order valence-electron chi connectivity index (χ2n) is 15.1. The van der Waals surface area contributed by atoms with Gasteiger partial charge in [0.2, 0.25) is 5.70 Å². The van der Waals surface area contributed by atoms with Crippen LogP contribution in [0.1, 0.15) is 102 Å². The maximum Gasteiger partial charge on any atom is 0.244 e. The van der Waals surface area contributed by atoms with Gasteiger partial charge in [-0.1, -0.05) is 164 Å². The van der Waals surface area contributed by atoms with Gasteiger partial charge in [-0.25, -0.2) is 0 Å². The second kappa shape index (κ2) is 22.7.